The first-order valence-electron chi connectivity index (χ1n) is 12.9. The van der Waals surface area contributed by atoms with Gasteiger partial charge in [-0.05, 0) is 75.5 Å². The van der Waals surface area contributed by atoms with E-state index in [1.807, 2.05) is 31.2 Å². The van der Waals surface area contributed by atoms with Crippen LogP contribution in [-0.2, 0) is 11.3 Å². The van der Waals surface area contributed by atoms with Gasteiger partial charge in [0, 0.05) is 62.2 Å². The van der Waals surface area contributed by atoms with Gasteiger partial charge in [0.05, 0.1) is 12.2 Å². The zero-order valence-electron chi connectivity index (χ0n) is 20.6. The number of nitrogens with zero attached hydrogens (tertiary/aromatic N) is 3. The second-order valence-electron chi connectivity index (χ2n) is 10.1. The molecule has 3 fully saturated rings. The molecule has 6 heteroatoms. The predicted molar refractivity (Wildman–Crippen MR) is 138 cm³/mol. The van der Waals surface area contributed by atoms with Gasteiger partial charge in [-0.3, -0.25) is 4.90 Å². The third-order valence-corrected chi connectivity index (χ3v) is 7.99. The topological polar surface area (TPSA) is 48.1 Å². The van der Waals surface area contributed by atoms with Crippen molar-refractivity contribution in [1.82, 2.24) is 9.80 Å². The normalized spacial score (nSPS) is 25.4. The van der Waals surface area contributed by atoms with Crippen molar-refractivity contribution in [2.24, 2.45) is 0 Å². The predicted octanol–water partition coefficient (Wildman–Crippen LogP) is 4.22. The smallest absolute Gasteiger partial charge is 0.338 e. The molecule has 1 unspecified atom stereocenters. The van der Waals surface area contributed by atoms with Gasteiger partial charge >= 0.3 is 5.97 Å². The van der Waals surface area contributed by atoms with E-state index in [0.29, 0.717) is 18.2 Å². The number of fused-ring (bicyclic) bond motifs is 2. The number of piperazine rings is 1. The van der Waals surface area contributed by atoms with E-state index in [1.54, 1.807) is 0 Å². The van der Waals surface area contributed by atoms with Crippen LogP contribution in [0.15, 0.2) is 48.5 Å². The maximum atomic E-state index is 11.9. The number of nitrogens with one attached hydrogen (secondary N) is 1. The van der Waals surface area contributed by atoms with Crippen molar-refractivity contribution in [2.45, 2.75) is 57.3 Å². The number of hydrogen-bond acceptors (Lipinski definition) is 6. The molecule has 3 heterocycles. The average molecular weight is 463 g/mol. The summed E-state index contributed by atoms with van der Waals surface area (Å²) in [6, 6.07) is 18.8. The number of hydrogen-bond donors (Lipinski definition) is 1. The van der Waals surface area contributed by atoms with E-state index in [1.165, 1.54) is 42.6 Å². The fourth-order valence-electron chi connectivity index (χ4n) is 5.98. The van der Waals surface area contributed by atoms with Crippen LogP contribution in [0.1, 0.15) is 48.5 Å². The van der Waals surface area contributed by atoms with E-state index in [9.17, 15) is 4.79 Å². The minimum Gasteiger partial charge on any atom is -0.462 e. The first-order valence-corrected chi connectivity index (χ1v) is 12.9. The van der Waals surface area contributed by atoms with Crippen LogP contribution in [0, 0.1) is 0 Å². The summed E-state index contributed by atoms with van der Waals surface area (Å²) >= 11 is 0. The summed E-state index contributed by atoms with van der Waals surface area (Å²) in [6.45, 7) is 7.27. The molecule has 5 rings (SSSR count). The van der Waals surface area contributed by atoms with Gasteiger partial charge in [-0.2, -0.15) is 0 Å². The van der Waals surface area contributed by atoms with Gasteiger partial charge in [0.2, 0.25) is 0 Å². The van der Waals surface area contributed by atoms with E-state index in [0.717, 1.165) is 44.8 Å². The van der Waals surface area contributed by atoms with Crippen LogP contribution >= 0.6 is 0 Å². The number of esters is 1. The van der Waals surface area contributed by atoms with Gasteiger partial charge in [-0.15, -0.1) is 0 Å². The Labute approximate surface area is 203 Å². The number of carbonyl (C=O) groups is 1. The van der Waals surface area contributed by atoms with Crippen molar-refractivity contribution in [2.75, 3.05) is 50.1 Å². The van der Waals surface area contributed by atoms with E-state index in [4.69, 9.17) is 4.74 Å². The highest BCUT2D eigenvalue weighted by Crippen LogP contribution is 2.36. The lowest BCUT2D eigenvalue weighted by molar-refractivity contribution is 0.0526. The summed E-state index contributed by atoms with van der Waals surface area (Å²) in [5.41, 5.74) is 4.51. The Morgan fingerprint density at radius 2 is 1.65 bits per heavy atom. The fourth-order valence-corrected chi connectivity index (χ4v) is 5.98. The third-order valence-electron chi connectivity index (χ3n) is 7.99. The molecule has 182 valence electrons. The Morgan fingerprint density at radius 3 is 2.32 bits per heavy atom. The number of carbonyl (C=O) groups excluding carboxylic acids is 1. The summed E-state index contributed by atoms with van der Waals surface area (Å²) in [5.74, 6) is -0.251. The molecule has 0 saturated carbocycles. The fraction of sp³-hybridized carbons (Fsp3) is 0.536. The van der Waals surface area contributed by atoms with Gasteiger partial charge in [-0.1, -0.05) is 18.2 Å². The number of rotatable bonds is 7. The maximum Gasteiger partial charge on any atom is 0.338 e. The van der Waals surface area contributed by atoms with Crippen molar-refractivity contribution in [3.05, 3.63) is 59.7 Å². The van der Waals surface area contributed by atoms with Gasteiger partial charge in [-0.25, -0.2) is 4.79 Å². The highest BCUT2D eigenvalue weighted by Gasteiger charge is 2.38. The van der Waals surface area contributed by atoms with Crippen molar-refractivity contribution in [1.29, 1.82) is 0 Å². The molecule has 0 aromatic heterocycles. The van der Waals surface area contributed by atoms with E-state index in [-0.39, 0.29) is 5.97 Å². The Bertz CT molecular complexity index is 957. The molecule has 0 radical (unpaired) electrons. The highest BCUT2D eigenvalue weighted by molar-refractivity contribution is 5.89. The number of benzene rings is 2. The van der Waals surface area contributed by atoms with Crippen molar-refractivity contribution >= 4 is 17.3 Å². The highest BCUT2D eigenvalue weighted by atomic mass is 16.5. The molecular formula is C28H38N4O2. The largest absolute Gasteiger partial charge is 0.462 e. The van der Waals surface area contributed by atoms with Crippen molar-refractivity contribution < 1.29 is 9.53 Å². The Morgan fingerprint density at radius 1 is 0.971 bits per heavy atom. The summed E-state index contributed by atoms with van der Waals surface area (Å²) in [4.78, 5) is 19.5. The van der Waals surface area contributed by atoms with Crippen LogP contribution in [0.5, 0.6) is 0 Å². The summed E-state index contributed by atoms with van der Waals surface area (Å²) in [7, 11) is 2.31. The van der Waals surface area contributed by atoms with Gasteiger partial charge in [0.25, 0.3) is 0 Å². The van der Waals surface area contributed by atoms with Crippen LogP contribution in [0.25, 0.3) is 0 Å². The quantitative estimate of drug-likeness (QED) is 0.622. The summed E-state index contributed by atoms with van der Waals surface area (Å²) < 4.78 is 5.09. The minimum absolute atomic E-state index is 0.251. The lowest BCUT2D eigenvalue weighted by Crippen LogP contribution is -2.46. The Balaban J connectivity index is 1.15. The third kappa shape index (κ3) is 5.08. The molecule has 2 aromatic carbocycles. The molecule has 3 atom stereocenters. The molecule has 1 N–H and O–H groups in total. The van der Waals surface area contributed by atoms with Gasteiger partial charge in [0.1, 0.15) is 0 Å². The minimum atomic E-state index is -0.251. The maximum absolute atomic E-state index is 11.9. The number of anilines is 2. The van der Waals surface area contributed by atoms with Crippen LogP contribution in [0.2, 0.25) is 0 Å². The molecule has 2 aromatic rings. The van der Waals surface area contributed by atoms with E-state index < -0.39 is 0 Å². The van der Waals surface area contributed by atoms with Crippen LogP contribution in [0.3, 0.4) is 0 Å². The summed E-state index contributed by atoms with van der Waals surface area (Å²) in [6.07, 6.45) is 5.23. The molecule has 3 saturated heterocycles. The second kappa shape index (κ2) is 10.4. The monoisotopic (exact) mass is 462 g/mol. The second-order valence-corrected chi connectivity index (χ2v) is 10.1. The first-order chi connectivity index (χ1) is 16.6. The zero-order chi connectivity index (χ0) is 23.5. The number of piperidine rings is 1. The van der Waals surface area contributed by atoms with Crippen LogP contribution in [0.4, 0.5) is 11.4 Å². The molecule has 0 aliphatic carbocycles. The lowest BCUT2D eigenvalue weighted by atomic mass is 9.97. The Hall–Kier alpha value is -2.57. The van der Waals surface area contributed by atoms with Gasteiger partial charge in [0.15, 0.2) is 0 Å². The van der Waals surface area contributed by atoms with Crippen LogP contribution in [-0.4, -0.2) is 73.7 Å². The molecule has 0 spiro atoms. The molecular weight excluding hydrogens is 424 g/mol. The van der Waals surface area contributed by atoms with Crippen molar-refractivity contribution in [3.63, 3.8) is 0 Å². The Kier molecular flexibility index (Phi) is 7.07. The van der Waals surface area contributed by atoms with Gasteiger partial charge < -0.3 is 19.9 Å². The molecule has 34 heavy (non-hydrogen) atoms. The van der Waals surface area contributed by atoms with E-state index in [2.05, 4.69) is 51.3 Å². The molecule has 0 amide bonds. The molecule has 3 aliphatic rings. The standard InChI is InChI=1S/C28H38N4O2/c1-3-34-28(33)21-8-10-24(11-9-21)32-16-14-31(15-17-32)20-22-6-4-5-7-27(22)29-23-18-25-12-13-26(19-23)30(25)2/h4-11,23,25-26,29H,3,12-20H2,1-2H3/t23?,25-,26+. The molecule has 2 bridgehead atoms. The molecule has 3 aliphatic heterocycles. The molecule has 6 nitrogen and oxygen atoms in total. The average Bonchev–Trinajstić information content (AvgIpc) is 3.06. The van der Waals surface area contributed by atoms with Crippen LogP contribution < -0.4 is 10.2 Å². The zero-order valence-corrected chi connectivity index (χ0v) is 20.6. The number of para-hydroxylation sites is 1. The number of ether oxygens (including phenoxy) is 1. The summed E-state index contributed by atoms with van der Waals surface area (Å²) in [5, 5.41) is 3.92. The van der Waals surface area contributed by atoms with Crippen molar-refractivity contribution in [3.8, 4) is 0 Å². The lowest BCUT2D eigenvalue weighted by Gasteiger charge is -2.38. The SMILES string of the molecule is CCOC(=O)c1ccc(N2CCN(Cc3ccccc3NC3C[C@H]4CC[C@@H](C3)N4C)CC2)cc1. The van der Waals surface area contributed by atoms with E-state index >= 15 is 0 Å². The first kappa shape index (κ1) is 23.2.